The SMILES string of the molecule is COc1ccc(C2(N=C=O)CC2)c(F)c1OC. The number of hydrogen-bond donors (Lipinski definition) is 0. The van der Waals surface area contributed by atoms with Gasteiger partial charge >= 0.3 is 0 Å². The highest BCUT2D eigenvalue weighted by Crippen LogP contribution is 2.52. The third-order valence-electron chi connectivity index (χ3n) is 2.97. The van der Waals surface area contributed by atoms with Gasteiger partial charge in [0.15, 0.2) is 17.3 Å². The van der Waals surface area contributed by atoms with E-state index in [1.165, 1.54) is 20.3 Å². The largest absolute Gasteiger partial charge is 0.493 e. The third-order valence-corrected chi connectivity index (χ3v) is 2.97. The van der Waals surface area contributed by atoms with Crippen LogP contribution in [-0.4, -0.2) is 20.3 Å². The van der Waals surface area contributed by atoms with Gasteiger partial charge < -0.3 is 9.47 Å². The van der Waals surface area contributed by atoms with Crippen LogP contribution in [0.3, 0.4) is 0 Å². The molecule has 1 aromatic rings. The molecule has 0 radical (unpaired) electrons. The van der Waals surface area contributed by atoms with Crippen molar-refractivity contribution in [3.05, 3.63) is 23.5 Å². The molecule has 0 unspecified atom stereocenters. The zero-order valence-corrected chi connectivity index (χ0v) is 9.62. The van der Waals surface area contributed by atoms with Crippen molar-refractivity contribution >= 4 is 6.08 Å². The van der Waals surface area contributed by atoms with E-state index in [4.69, 9.17) is 9.47 Å². The van der Waals surface area contributed by atoms with Crippen molar-refractivity contribution in [1.82, 2.24) is 0 Å². The van der Waals surface area contributed by atoms with E-state index in [-0.39, 0.29) is 5.75 Å². The molecule has 1 saturated carbocycles. The monoisotopic (exact) mass is 237 g/mol. The number of rotatable bonds is 4. The zero-order valence-electron chi connectivity index (χ0n) is 9.62. The average Bonchev–Trinajstić information content (AvgIpc) is 3.09. The van der Waals surface area contributed by atoms with Crippen LogP contribution in [0.15, 0.2) is 17.1 Å². The van der Waals surface area contributed by atoms with E-state index in [1.807, 2.05) is 0 Å². The highest BCUT2D eigenvalue weighted by Gasteiger charge is 2.47. The molecule has 5 heteroatoms. The number of hydrogen-bond acceptors (Lipinski definition) is 4. The number of carbonyl (C=O) groups excluding carboxylic acids is 1. The van der Waals surface area contributed by atoms with E-state index < -0.39 is 11.4 Å². The molecule has 0 bridgehead atoms. The second-order valence-electron chi connectivity index (χ2n) is 3.90. The Bertz CT molecular complexity index is 491. The molecule has 0 spiro atoms. The van der Waals surface area contributed by atoms with Crippen LogP contribution in [0.1, 0.15) is 18.4 Å². The van der Waals surface area contributed by atoms with Gasteiger partial charge in [-0.2, -0.15) is 4.99 Å². The molecule has 4 nitrogen and oxygen atoms in total. The lowest BCUT2D eigenvalue weighted by molar-refractivity contribution is 0.334. The Kier molecular flexibility index (Phi) is 2.86. The van der Waals surface area contributed by atoms with Crippen molar-refractivity contribution in [3.63, 3.8) is 0 Å². The number of nitrogens with zero attached hydrogens (tertiary/aromatic N) is 1. The van der Waals surface area contributed by atoms with Crippen molar-refractivity contribution in [3.8, 4) is 11.5 Å². The lowest BCUT2D eigenvalue weighted by Gasteiger charge is -2.14. The molecule has 1 aliphatic rings. The highest BCUT2D eigenvalue weighted by atomic mass is 19.1. The second-order valence-corrected chi connectivity index (χ2v) is 3.90. The highest BCUT2D eigenvalue weighted by molar-refractivity contribution is 5.50. The Morgan fingerprint density at radius 1 is 1.35 bits per heavy atom. The fourth-order valence-corrected chi connectivity index (χ4v) is 1.90. The van der Waals surface area contributed by atoms with Gasteiger partial charge in [-0.3, -0.25) is 0 Å². The molecule has 1 aliphatic carbocycles. The summed E-state index contributed by atoms with van der Waals surface area (Å²) in [7, 11) is 2.81. The Hall–Kier alpha value is -1.87. The molecule has 0 amide bonds. The molecule has 0 N–H and O–H groups in total. The number of methoxy groups -OCH3 is 2. The molecule has 0 atom stereocenters. The Morgan fingerprint density at radius 3 is 2.53 bits per heavy atom. The minimum atomic E-state index is -0.745. The quantitative estimate of drug-likeness (QED) is 0.595. The number of isocyanates is 1. The number of halogens is 1. The van der Waals surface area contributed by atoms with Crippen LogP contribution in [0.4, 0.5) is 4.39 Å². The fourth-order valence-electron chi connectivity index (χ4n) is 1.90. The standard InChI is InChI=1S/C12H12FNO3/c1-16-9-4-3-8(10(13)11(9)17-2)12(5-6-12)14-7-15/h3-4H,5-6H2,1-2H3. The fraction of sp³-hybridized carbons (Fsp3) is 0.417. The summed E-state index contributed by atoms with van der Waals surface area (Å²) in [5.74, 6) is -0.166. The topological polar surface area (TPSA) is 47.9 Å². The van der Waals surface area contributed by atoms with Crippen molar-refractivity contribution in [1.29, 1.82) is 0 Å². The van der Waals surface area contributed by atoms with E-state index >= 15 is 0 Å². The lowest BCUT2D eigenvalue weighted by atomic mass is 10.0. The van der Waals surface area contributed by atoms with E-state index in [9.17, 15) is 9.18 Å². The summed E-state index contributed by atoms with van der Waals surface area (Å²) in [6.07, 6.45) is 2.79. The van der Waals surface area contributed by atoms with E-state index in [0.29, 0.717) is 24.2 Å². The number of aliphatic imine (C=N–C) groups is 1. The van der Waals surface area contributed by atoms with Crippen LogP contribution in [0.2, 0.25) is 0 Å². The zero-order chi connectivity index (χ0) is 12.5. The predicted octanol–water partition coefficient (Wildman–Crippen LogP) is 2.17. The van der Waals surface area contributed by atoms with Crippen LogP contribution in [0.5, 0.6) is 11.5 Å². The van der Waals surface area contributed by atoms with Gasteiger partial charge in [-0.15, -0.1) is 0 Å². The van der Waals surface area contributed by atoms with Crippen molar-refractivity contribution in [2.75, 3.05) is 14.2 Å². The second kappa shape index (κ2) is 4.18. The van der Waals surface area contributed by atoms with E-state index in [0.717, 1.165) is 0 Å². The van der Waals surface area contributed by atoms with Crippen LogP contribution >= 0.6 is 0 Å². The third kappa shape index (κ3) is 1.78. The van der Waals surface area contributed by atoms with Crippen molar-refractivity contribution in [2.45, 2.75) is 18.4 Å². The van der Waals surface area contributed by atoms with Gasteiger partial charge in [-0.05, 0) is 25.0 Å². The summed E-state index contributed by atoms with van der Waals surface area (Å²) in [5.41, 5.74) is -0.385. The number of benzene rings is 1. The first kappa shape index (κ1) is 11.6. The minimum absolute atomic E-state index is 0.0392. The maximum atomic E-state index is 14.2. The Balaban J connectivity index is 2.54. The lowest BCUT2D eigenvalue weighted by Crippen LogP contribution is -2.07. The molecule has 1 aromatic carbocycles. The maximum Gasteiger partial charge on any atom is 0.235 e. The predicted molar refractivity (Wildman–Crippen MR) is 58.5 cm³/mol. The maximum absolute atomic E-state index is 14.2. The van der Waals surface area contributed by atoms with Crippen LogP contribution in [0, 0.1) is 5.82 Å². The molecule has 0 heterocycles. The summed E-state index contributed by atoms with van der Waals surface area (Å²) in [4.78, 5) is 14.0. The molecule has 1 fully saturated rings. The summed E-state index contributed by atoms with van der Waals surface area (Å²) in [6, 6.07) is 3.18. The van der Waals surface area contributed by atoms with Crippen molar-refractivity contribution in [2.24, 2.45) is 4.99 Å². The Labute approximate surface area is 98.1 Å². The van der Waals surface area contributed by atoms with Gasteiger partial charge in [0.2, 0.25) is 6.08 Å². The molecular formula is C12H12FNO3. The smallest absolute Gasteiger partial charge is 0.235 e. The number of ether oxygens (including phenoxy) is 2. The van der Waals surface area contributed by atoms with Crippen LogP contribution < -0.4 is 9.47 Å². The average molecular weight is 237 g/mol. The molecule has 2 rings (SSSR count). The van der Waals surface area contributed by atoms with Gasteiger partial charge in [0, 0.05) is 5.56 Å². The first-order valence-corrected chi connectivity index (χ1v) is 5.18. The Morgan fingerprint density at radius 2 is 2.06 bits per heavy atom. The minimum Gasteiger partial charge on any atom is -0.493 e. The summed E-state index contributed by atoms with van der Waals surface area (Å²) < 4.78 is 24.1. The van der Waals surface area contributed by atoms with Crippen LogP contribution in [0.25, 0.3) is 0 Å². The molecular weight excluding hydrogens is 225 g/mol. The first-order valence-electron chi connectivity index (χ1n) is 5.18. The molecule has 0 aromatic heterocycles. The molecule has 90 valence electrons. The van der Waals surface area contributed by atoms with Crippen molar-refractivity contribution < 1.29 is 18.7 Å². The summed E-state index contributed by atoms with van der Waals surface area (Å²) >= 11 is 0. The normalized spacial score (nSPS) is 15.9. The van der Waals surface area contributed by atoms with Crippen LogP contribution in [-0.2, 0) is 10.3 Å². The van der Waals surface area contributed by atoms with Gasteiger partial charge in [0.05, 0.1) is 14.2 Å². The van der Waals surface area contributed by atoms with E-state index in [2.05, 4.69) is 4.99 Å². The molecule has 17 heavy (non-hydrogen) atoms. The summed E-state index contributed by atoms with van der Waals surface area (Å²) in [5, 5.41) is 0. The summed E-state index contributed by atoms with van der Waals surface area (Å²) in [6.45, 7) is 0. The molecule has 0 saturated heterocycles. The van der Waals surface area contributed by atoms with Gasteiger partial charge in [0.25, 0.3) is 0 Å². The van der Waals surface area contributed by atoms with Gasteiger partial charge in [-0.1, -0.05) is 0 Å². The van der Waals surface area contributed by atoms with E-state index in [1.54, 1.807) is 12.1 Å². The first-order chi connectivity index (χ1) is 8.18. The van der Waals surface area contributed by atoms with Gasteiger partial charge in [-0.25, -0.2) is 9.18 Å². The molecule has 0 aliphatic heterocycles. The van der Waals surface area contributed by atoms with Gasteiger partial charge in [0.1, 0.15) is 5.54 Å².